The van der Waals surface area contributed by atoms with Crippen LogP contribution in [0.2, 0.25) is 0 Å². The van der Waals surface area contributed by atoms with Crippen LogP contribution in [0.5, 0.6) is 0 Å². The van der Waals surface area contributed by atoms with Gasteiger partial charge >= 0.3 is 0 Å². The predicted molar refractivity (Wildman–Crippen MR) is 100 cm³/mol. The highest BCUT2D eigenvalue weighted by molar-refractivity contribution is 5.78. The van der Waals surface area contributed by atoms with E-state index < -0.39 is 0 Å². The molecule has 2 N–H and O–H groups in total. The highest BCUT2D eigenvalue weighted by atomic mass is 19.1. The minimum atomic E-state index is -0.217. The van der Waals surface area contributed by atoms with Crippen LogP contribution in [0.4, 0.5) is 4.39 Å². The largest absolute Gasteiger partial charge is 0.396 e. The average molecular weight is 362 g/mol. The van der Waals surface area contributed by atoms with Crippen molar-refractivity contribution >= 4 is 5.91 Å². The lowest BCUT2D eigenvalue weighted by Crippen LogP contribution is -2.48. The van der Waals surface area contributed by atoms with Gasteiger partial charge in [-0.1, -0.05) is 31.4 Å². The van der Waals surface area contributed by atoms with Crippen LogP contribution in [0.1, 0.15) is 56.9 Å². The van der Waals surface area contributed by atoms with Crippen LogP contribution in [0.3, 0.4) is 0 Å². The fourth-order valence-electron chi connectivity index (χ4n) is 4.67. The van der Waals surface area contributed by atoms with Crippen LogP contribution in [0.25, 0.3) is 0 Å². The molecule has 1 aromatic carbocycles. The van der Waals surface area contributed by atoms with Gasteiger partial charge in [0.25, 0.3) is 0 Å². The van der Waals surface area contributed by atoms with E-state index >= 15 is 0 Å². The molecule has 1 aliphatic heterocycles. The first-order valence-corrected chi connectivity index (χ1v) is 10.0. The Balaban J connectivity index is 1.58. The van der Waals surface area contributed by atoms with Crippen LogP contribution in [-0.4, -0.2) is 48.2 Å². The van der Waals surface area contributed by atoms with E-state index in [9.17, 15) is 14.3 Å². The zero-order valence-electron chi connectivity index (χ0n) is 15.6. The number of piperidine rings is 1. The quantitative estimate of drug-likeness (QED) is 0.784. The summed E-state index contributed by atoms with van der Waals surface area (Å²) in [7, 11) is 0. The molecule has 1 heterocycles. The lowest BCUT2D eigenvalue weighted by atomic mass is 9.79. The van der Waals surface area contributed by atoms with Gasteiger partial charge in [0.15, 0.2) is 0 Å². The molecule has 0 aromatic heterocycles. The van der Waals surface area contributed by atoms with Crippen molar-refractivity contribution in [1.82, 2.24) is 10.2 Å². The molecule has 144 valence electrons. The molecule has 1 amide bonds. The highest BCUT2D eigenvalue weighted by Crippen LogP contribution is 2.40. The normalized spacial score (nSPS) is 23.1. The van der Waals surface area contributed by atoms with Gasteiger partial charge in [-0.05, 0) is 56.3 Å². The lowest BCUT2D eigenvalue weighted by Gasteiger charge is -2.35. The number of amides is 1. The summed E-state index contributed by atoms with van der Waals surface area (Å²) in [6.45, 7) is 2.14. The van der Waals surface area contributed by atoms with Crippen molar-refractivity contribution in [2.24, 2.45) is 0 Å². The molecule has 0 radical (unpaired) electrons. The van der Waals surface area contributed by atoms with E-state index in [1.807, 2.05) is 12.1 Å². The number of carbonyl (C=O) groups excluding carboxylic acids is 1. The number of carbonyl (C=O) groups is 1. The van der Waals surface area contributed by atoms with E-state index in [1.54, 1.807) is 0 Å². The van der Waals surface area contributed by atoms with Gasteiger partial charge in [0.05, 0.1) is 6.54 Å². The zero-order chi connectivity index (χ0) is 18.4. The summed E-state index contributed by atoms with van der Waals surface area (Å²) >= 11 is 0. The number of halogens is 1. The number of nitrogens with zero attached hydrogens (tertiary/aromatic N) is 1. The summed E-state index contributed by atoms with van der Waals surface area (Å²) in [4.78, 5) is 14.8. The standard InChI is InChI=1S/C21H31FN2O2/c22-18-8-6-17(7-9-18)21(11-2-3-12-21)16-23-20(26)15-24-13-4-1-5-19(24)10-14-25/h6-9,19,25H,1-5,10-16H2,(H,23,26). The maximum Gasteiger partial charge on any atom is 0.234 e. The van der Waals surface area contributed by atoms with Crippen LogP contribution in [0, 0.1) is 5.82 Å². The minimum Gasteiger partial charge on any atom is -0.396 e. The maximum atomic E-state index is 13.3. The Morgan fingerprint density at radius 1 is 1.19 bits per heavy atom. The van der Waals surface area contributed by atoms with Crippen molar-refractivity contribution < 1.29 is 14.3 Å². The summed E-state index contributed by atoms with van der Waals surface area (Å²) < 4.78 is 13.3. The van der Waals surface area contributed by atoms with Gasteiger partial charge < -0.3 is 10.4 Å². The summed E-state index contributed by atoms with van der Waals surface area (Å²) in [5.74, 6) is -0.158. The number of benzene rings is 1. The molecule has 2 aliphatic rings. The van der Waals surface area contributed by atoms with E-state index in [1.165, 1.54) is 18.6 Å². The first-order chi connectivity index (χ1) is 12.6. The zero-order valence-corrected chi connectivity index (χ0v) is 15.6. The van der Waals surface area contributed by atoms with Crippen molar-refractivity contribution in [2.45, 2.75) is 62.8 Å². The second-order valence-electron chi connectivity index (χ2n) is 7.90. The molecule has 1 saturated carbocycles. The van der Waals surface area contributed by atoms with Gasteiger partial charge in [-0.3, -0.25) is 9.69 Å². The van der Waals surface area contributed by atoms with E-state index in [4.69, 9.17) is 0 Å². The van der Waals surface area contributed by atoms with E-state index in [-0.39, 0.29) is 23.7 Å². The smallest absolute Gasteiger partial charge is 0.234 e. The first kappa shape index (κ1) is 19.3. The topological polar surface area (TPSA) is 52.6 Å². The molecule has 0 bridgehead atoms. The van der Waals surface area contributed by atoms with Gasteiger partial charge in [0.1, 0.15) is 5.82 Å². The SMILES string of the molecule is O=C(CN1CCCCC1CCO)NCC1(c2ccc(F)cc2)CCCC1. The molecule has 5 heteroatoms. The van der Waals surface area contributed by atoms with Crippen LogP contribution < -0.4 is 5.32 Å². The number of aliphatic hydroxyl groups excluding tert-OH is 1. The molecule has 4 nitrogen and oxygen atoms in total. The average Bonchev–Trinajstić information content (AvgIpc) is 3.13. The van der Waals surface area contributed by atoms with Crippen molar-refractivity contribution in [3.8, 4) is 0 Å². The molecule has 26 heavy (non-hydrogen) atoms. The first-order valence-electron chi connectivity index (χ1n) is 10.0. The third kappa shape index (κ3) is 4.63. The summed E-state index contributed by atoms with van der Waals surface area (Å²) in [6.07, 6.45) is 8.48. The second kappa shape index (κ2) is 8.96. The fraction of sp³-hybridized carbons (Fsp3) is 0.667. The second-order valence-corrected chi connectivity index (χ2v) is 7.90. The Hall–Kier alpha value is -1.46. The van der Waals surface area contributed by atoms with E-state index in [0.29, 0.717) is 19.1 Å². The number of likely N-dealkylation sites (tertiary alicyclic amines) is 1. The molecule has 1 saturated heterocycles. The fourth-order valence-corrected chi connectivity index (χ4v) is 4.67. The Bertz CT molecular complexity index is 582. The van der Waals surface area contributed by atoms with Crippen LogP contribution in [-0.2, 0) is 10.2 Å². The number of aliphatic hydroxyl groups is 1. The van der Waals surface area contributed by atoms with Crippen molar-refractivity contribution in [2.75, 3.05) is 26.2 Å². The summed E-state index contributed by atoms with van der Waals surface area (Å²) in [6, 6.07) is 7.09. The van der Waals surface area contributed by atoms with Gasteiger partial charge in [-0.2, -0.15) is 0 Å². The monoisotopic (exact) mass is 362 g/mol. The Morgan fingerprint density at radius 3 is 2.62 bits per heavy atom. The summed E-state index contributed by atoms with van der Waals surface area (Å²) in [5.41, 5.74) is 1.07. The Kier molecular flexibility index (Phi) is 6.65. The minimum absolute atomic E-state index is 0.0585. The molecule has 1 atom stereocenters. The third-order valence-electron chi connectivity index (χ3n) is 6.20. The number of rotatable bonds is 7. The van der Waals surface area contributed by atoms with Crippen LogP contribution in [0.15, 0.2) is 24.3 Å². The summed E-state index contributed by atoms with van der Waals surface area (Å²) in [5, 5.41) is 12.4. The van der Waals surface area contributed by atoms with Crippen molar-refractivity contribution in [3.05, 3.63) is 35.6 Å². The predicted octanol–water partition coefficient (Wildman–Crippen LogP) is 2.99. The van der Waals surface area contributed by atoms with E-state index in [0.717, 1.165) is 57.1 Å². The molecule has 1 unspecified atom stereocenters. The molecule has 1 aromatic rings. The lowest BCUT2D eigenvalue weighted by molar-refractivity contribution is -0.123. The van der Waals surface area contributed by atoms with E-state index in [2.05, 4.69) is 10.2 Å². The Morgan fingerprint density at radius 2 is 1.92 bits per heavy atom. The van der Waals surface area contributed by atoms with Crippen LogP contribution >= 0.6 is 0 Å². The molecule has 0 spiro atoms. The van der Waals surface area contributed by atoms with Gasteiger partial charge in [-0.15, -0.1) is 0 Å². The number of hydrogen-bond acceptors (Lipinski definition) is 3. The third-order valence-corrected chi connectivity index (χ3v) is 6.20. The number of nitrogens with one attached hydrogen (secondary N) is 1. The maximum absolute atomic E-state index is 13.3. The molecule has 2 fully saturated rings. The molecular weight excluding hydrogens is 331 g/mol. The van der Waals surface area contributed by atoms with Gasteiger partial charge in [0, 0.05) is 24.6 Å². The molecule has 3 rings (SSSR count). The van der Waals surface area contributed by atoms with Gasteiger partial charge in [-0.25, -0.2) is 4.39 Å². The number of hydrogen-bond donors (Lipinski definition) is 2. The van der Waals surface area contributed by atoms with Crippen molar-refractivity contribution in [1.29, 1.82) is 0 Å². The molecular formula is C21H31FN2O2. The Labute approximate surface area is 155 Å². The highest BCUT2D eigenvalue weighted by Gasteiger charge is 2.36. The van der Waals surface area contributed by atoms with Gasteiger partial charge in [0.2, 0.25) is 5.91 Å². The van der Waals surface area contributed by atoms with Crippen molar-refractivity contribution in [3.63, 3.8) is 0 Å². The molecule has 1 aliphatic carbocycles.